The Bertz CT molecular complexity index is 744. The average molecular weight is 286 g/mol. The number of hydrogen-bond donors (Lipinski definition) is 1. The number of benzene rings is 1. The molecular weight excluding hydrogens is 272 g/mol. The minimum absolute atomic E-state index is 0.0149. The van der Waals surface area contributed by atoms with Crippen molar-refractivity contribution in [2.75, 3.05) is 24.5 Å². The van der Waals surface area contributed by atoms with Crippen LogP contribution in [0.25, 0.3) is 10.9 Å². The standard InChI is InChI=1S/C14H14N4O3/c1-9-7-12(17-6-5-15-13(19)8-17)10-3-2-4-11(18(20)21)14(10)16-9/h2-4,7H,5-6,8H2,1H3,(H,15,19). The van der Waals surface area contributed by atoms with Crippen LogP contribution in [0.1, 0.15) is 5.69 Å². The Morgan fingerprint density at radius 2 is 2.24 bits per heavy atom. The molecule has 0 unspecified atom stereocenters. The highest BCUT2D eigenvalue weighted by molar-refractivity contribution is 5.98. The number of nitro groups is 1. The monoisotopic (exact) mass is 286 g/mol. The molecular formula is C14H14N4O3. The van der Waals surface area contributed by atoms with Crippen LogP contribution in [0.5, 0.6) is 0 Å². The highest BCUT2D eigenvalue weighted by Gasteiger charge is 2.22. The molecule has 0 bridgehead atoms. The van der Waals surface area contributed by atoms with E-state index in [9.17, 15) is 14.9 Å². The molecule has 1 aromatic heterocycles. The van der Waals surface area contributed by atoms with Gasteiger partial charge in [-0.3, -0.25) is 14.9 Å². The summed E-state index contributed by atoms with van der Waals surface area (Å²) < 4.78 is 0. The fourth-order valence-corrected chi connectivity index (χ4v) is 2.59. The van der Waals surface area contributed by atoms with Crippen LogP contribution >= 0.6 is 0 Å². The molecule has 7 nitrogen and oxygen atoms in total. The Hall–Kier alpha value is -2.70. The van der Waals surface area contributed by atoms with E-state index in [1.165, 1.54) is 6.07 Å². The smallest absolute Gasteiger partial charge is 0.295 e. The van der Waals surface area contributed by atoms with E-state index in [4.69, 9.17) is 0 Å². The van der Waals surface area contributed by atoms with Crippen molar-refractivity contribution in [2.24, 2.45) is 0 Å². The van der Waals surface area contributed by atoms with Crippen molar-refractivity contribution in [1.29, 1.82) is 0 Å². The fraction of sp³-hybridized carbons (Fsp3) is 0.286. The first-order valence-electron chi connectivity index (χ1n) is 6.62. The normalized spacial score (nSPS) is 15.1. The zero-order valence-electron chi connectivity index (χ0n) is 11.5. The van der Waals surface area contributed by atoms with Gasteiger partial charge in [-0.05, 0) is 13.0 Å². The number of para-hydroxylation sites is 1. The Kier molecular flexibility index (Phi) is 3.17. The summed E-state index contributed by atoms with van der Waals surface area (Å²) >= 11 is 0. The molecule has 0 aliphatic carbocycles. The van der Waals surface area contributed by atoms with Gasteiger partial charge in [0.2, 0.25) is 5.91 Å². The molecule has 108 valence electrons. The number of piperazine rings is 1. The molecule has 1 aliphatic heterocycles. The summed E-state index contributed by atoms with van der Waals surface area (Å²) in [4.78, 5) is 28.5. The van der Waals surface area contributed by atoms with Crippen LogP contribution in [-0.4, -0.2) is 35.4 Å². The van der Waals surface area contributed by atoms with E-state index >= 15 is 0 Å². The molecule has 1 saturated heterocycles. The van der Waals surface area contributed by atoms with E-state index in [0.717, 1.165) is 5.69 Å². The van der Waals surface area contributed by atoms with E-state index in [1.54, 1.807) is 19.1 Å². The lowest BCUT2D eigenvalue weighted by Crippen LogP contribution is -2.47. The Morgan fingerprint density at radius 3 is 2.95 bits per heavy atom. The predicted octanol–water partition coefficient (Wildman–Crippen LogP) is 1.39. The first-order chi connectivity index (χ1) is 10.1. The van der Waals surface area contributed by atoms with Gasteiger partial charge in [0.05, 0.1) is 11.5 Å². The summed E-state index contributed by atoms with van der Waals surface area (Å²) in [5.41, 5.74) is 1.86. The van der Waals surface area contributed by atoms with Crippen molar-refractivity contribution < 1.29 is 9.72 Å². The quantitative estimate of drug-likeness (QED) is 0.665. The molecule has 2 heterocycles. The number of hydrogen-bond acceptors (Lipinski definition) is 5. The number of non-ortho nitro benzene ring substituents is 1. The number of nitrogens with one attached hydrogen (secondary N) is 1. The number of nitrogens with zero attached hydrogens (tertiary/aromatic N) is 3. The van der Waals surface area contributed by atoms with Gasteiger partial charge in [0.1, 0.15) is 0 Å². The van der Waals surface area contributed by atoms with Crippen molar-refractivity contribution in [3.8, 4) is 0 Å². The molecule has 0 saturated carbocycles. The van der Waals surface area contributed by atoms with E-state index in [1.807, 2.05) is 11.0 Å². The van der Waals surface area contributed by atoms with Gasteiger partial charge in [0.15, 0.2) is 5.52 Å². The molecule has 21 heavy (non-hydrogen) atoms. The highest BCUT2D eigenvalue weighted by Crippen LogP contribution is 2.32. The Labute approximate surface area is 120 Å². The number of amides is 1. The molecule has 0 radical (unpaired) electrons. The molecule has 1 fully saturated rings. The van der Waals surface area contributed by atoms with Crippen LogP contribution in [0.15, 0.2) is 24.3 Å². The number of carbonyl (C=O) groups is 1. The SMILES string of the molecule is Cc1cc(N2CCNC(=O)C2)c2cccc([N+](=O)[O-])c2n1. The Morgan fingerprint density at radius 1 is 1.43 bits per heavy atom. The number of pyridine rings is 1. The second kappa shape index (κ2) is 5.01. The summed E-state index contributed by atoms with van der Waals surface area (Å²) in [5, 5.41) is 14.6. The van der Waals surface area contributed by atoms with Crippen molar-refractivity contribution in [3.63, 3.8) is 0 Å². The maximum atomic E-state index is 11.6. The van der Waals surface area contributed by atoms with Crippen LogP contribution in [0.3, 0.4) is 0 Å². The van der Waals surface area contributed by atoms with Gasteiger partial charge in [-0.25, -0.2) is 4.98 Å². The molecule has 3 rings (SSSR count). The van der Waals surface area contributed by atoms with Crippen molar-refractivity contribution in [1.82, 2.24) is 10.3 Å². The molecule has 1 aromatic carbocycles. The maximum Gasteiger partial charge on any atom is 0.295 e. The van der Waals surface area contributed by atoms with Crippen LogP contribution in [0.4, 0.5) is 11.4 Å². The van der Waals surface area contributed by atoms with Crippen LogP contribution in [-0.2, 0) is 4.79 Å². The molecule has 1 amide bonds. The lowest BCUT2D eigenvalue weighted by molar-refractivity contribution is -0.383. The average Bonchev–Trinajstić information content (AvgIpc) is 2.45. The summed E-state index contributed by atoms with van der Waals surface area (Å²) in [6.45, 7) is 3.29. The summed E-state index contributed by atoms with van der Waals surface area (Å²) in [6.07, 6.45) is 0. The van der Waals surface area contributed by atoms with E-state index < -0.39 is 4.92 Å². The Balaban J connectivity index is 2.20. The zero-order chi connectivity index (χ0) is 15.0. The number of aryl methyl sites for hydroxylation is 1. The van der Waals surface area contributed by atoms with Gasteiger partial charge in [-0.15, -0.1) is 0 Å². The van der Waals surface area contributed by atoms with E-state index in [0.29, 0.717) is 29.7 Å². The summed E-state index contributed by atoms with van der Waals surface area (Å²) in [7, 11) is 0. The first kappa shape index (κ1) is 13.3. The third-order valence-corrected chi connectivity index (χ3v) is 3.50. The lowest BCUT2D eigenvalue weighted by atomic mass is 10.1. The molecule has 2 aromatic rings. The third-order valence-electron chi connectivity index (χ3n) is 3.50. The van der Waals surface area contributed by atoms with Crippen molar-refractivity contribution >= 4 is 28.2 Å². The summed E-state index contributed by atoms with van der Waals surface area (Å²) in [6, 6.07) is 6.76. The number of carbonyl (C=O) groups excluding carboxylic acids is 1. The first-order valence-corrected chi connectivity index (χ1v) is 6.62. The lowest BCUT2D eigenvalue weighted by Gasteiger charge is -2.29. The third kappa shape index (κ3) is 2.37. The zero-order valence-corrected chi connectivity index (χ0v) is 11.5. The second-order valence-corrected chi connectivity index (χ2v) is 4.98. The molecule has 0 spiro atoms. The van der Waals surface area contributed by atoms with Gasteiger partial charge in [0, 0.05) is 35.9 Å². The number of aromatic nitrogens is 1. The van der Waals surface area contributed by atoms with Crippen molar-refractivity contribution in [2.45, 2.75) is 6.92 Å². The van der Waals surface area contributed by atoms with Crippen LogP contribution < -0.4 is 10.2 Å². The van der Waals surface area contributed by atoms with E-state index in [-0.39, 0.29) is 18.1 Å². The number of rotatable bonds is 2. The van der Waals surface area contributed by atoms with Crippen LogP contribution in [0, 0.1) is 17.0 Å². The topological polar surface area (TPSA) is 88.4 Å². The minimum atomic E-state index is -0.429. The van der Waals surface area contributed by atoms with Gasteiger partial charge in [-0.2, -0.15) is 0 Å². The molecule has 0 atom stereocenters. The minimum Gasteiger partial charge on any atom is -0.360 e. The molecule has 1 aliphatic rings. The van der Waals surface area contributed by atoms with Gasteiger partial charge in [-0.1, -0.05) is 12.1 Å². The largest absolute Gasteiger partial charge is 0.360 e. The second-order valence-electron chi connectivity index (χ2n) is 4.98. The molecule has 7 heteroatoms. The highest BCUT2D eigenvalue weighted by atomic mass is 16.6. The number of nitro benzene ring substituents is 1. The van der Waals surface area contributed by atoms with Gasteiger partial charge >= 0.3 is 0 Å². The van der Waals surface area contributed by atoms with Gasteiger partial charge < -0.3 is 10.2 Å². The predicted molar refractivity (Wildman–Crippen MR) is 78.4 cm³/mol. The molecule has 1 N–H and O–H groups in total. The fourth-order valence-electron chi connectivity index (χ4n) is 2.59. The van der Waals surface area contributed by atoms with Crippen LogP contribution in [0.2, 0.25) is 0 Å². The summed E-state index contributed by atoms with van der Waals surface area (Å²) in [5.74, 6) is -0.0469. The van der Waals surface area contributed by atoms with Crippen molar-refractivity contribution in [3.05, 3.63) is 40.1 Å². The maximum absolute atomic E-state index is 11.6. The van der Waals surface area contributed by atoms with E-state index in [2.05, 4.69) is 10.3 Å². The number of fused-ring (bicyclic) bond motifs is 1. The van der Waals surface area contributed by atoms with Gasteiger partial charge in [0.25, 0.3) is 5.69 Å². The number of anilines is 1.